The summed E-state index contributed by atoms with van der Waals surface area (Å²) in [6.45, 7) is 5.39. The number of amides is 1. The summed E-state index contributed by atoms with van der Waals surface area (Å²) in [5.41, 5.74) is 0.467. The lowest BCUT2D eigenvalue weighted by Crippen LogP contribution is -2.44. The Morgan fingerprint density at radius 1 is 1.24 bits per heavy atom. The predicted molar refractivity (Wildman–Crippen MR) is 109 cm³/mol. The summed E-state index contributed by atoms with van der Waals surface area (Å²) in [7, 11) is -3.94. The first-order valence-electron chi connectivity index (χ1n) is 9.43. The van der Waals surface area contributed by atoms with E-state index < -0.39 is 15.8 Å². The Hall–Kier alpha value is -2.72. The first-order chi connectivity index (χ1) is 13.9. The average molecular weight is 421 g/mol. The number of aromatic nitrogens is 1. The van der Waals surface area contributed by atoms with Crippen LogP contribution in [0.3, 0.4) is 0 Å². The number of nitrogens with one attached hydrogen (secondary N) is 3. The van der Waals surface area contributed by atoms with E-state index in [1.807, 2.05) is 11.8 Å². The quantitative estimate of drug-likeness (QED) is 0.627. The minimum atomic E-state index is -3.94. The number of pyridine rings is 1. The van der Waals surface area contributed by atoms with Gasteiger partial charge in [-0.15, -0.1) is 0 Å². The number of anilines is 2. The van der Waals surface area contributed by atoms with Gasteiger partial charge in [-0.1, -0.05) is 6.92 Å². The second-order valence-electron chi connectivity index (χ2n) is 6.65. The highest BCUT2D eigenvalue weighted by atomic mass is 32.2. The molecule has 3 rings (SSSR count). The number of sulfonamides is 1. The maximum absolute atomic E-state index is 13.1. The smallest absolute Gasteiger partial charge is 0.261 e. The highest BCUT2D eigenvalue weighted by Crippen LogP contribution is 2.24. The van der Waals surface area contributed by atoms with Gasteiger partial charge in [-0.25, -0.2) is 17.8 Å². The van der Waals surface area contributed by atoms with Gasteiger partial charge in [-0.3, -0.25) is 9.52 Å². The molecule has 0 aliphatic carbocycles. The van der Waals surface area contributed by atoms with E-state index in [0.29, 0.717) is 31.0 Å². The van der Waals surface area contributed by atoms with Crippen LogP contribution in [0, 0.1) is 5.82 Å². The summed E-state index contributed by atoms with van der Waals surface area (Å²) < 4.78 is 40.6. The van der Waals surface area contributed by atoms with Gasteiger partial charge in [0.25, 0.3) is 15.9 Å². The van der Waals surface area contributed by atoms with Crippen LogP contribution in [0.15, 0.2) is 41.4 Å². The Balaban J connectivity index is 1.91. The molecule has 0 spiro atoms. The third-order valence-electron chi connectivity index (χ3n) is 4.44. The molecule has 1 aliphatic rings. The lowest BCUT2D eigenvalue weighted by atomic mass is 10.2. The molecule has 156 valence electrons. The van der Waals surface area contributed by atoms with Gasteiger partial charge in [0, 0.05) is 32.7 Å². The number of hydrogen-bond donors (Lipinski definition) is 3. The molecule has 1 fully saturated rings. The van der Waals surface area contributed by atoms with Crippen LogP contribution in [0.2, 0.25) is 0 Å². The Morgan fingerprint density at radius 2 is 1.93 bits per heavy atom. The second kappa shape index (κ2) is 9.19. The molecule has 1 amide bonds. The van der Waals surface area contributed by atoms with Crippen molar-refractivity contribution < 1.29 is 17.6 Å². The molecule has 8 nitrogen and oxygen atoms in total. The van der Waals surface area contributed by atoms with Crippen molar-refractivity contribution in [3.05, 3.63) is 47.9 Å². The molecule has 0 radical (unpaired) electrons. The van der Waals surface area contributed by atoms with Crippen LogP contribution in [-0.4, -0.2) is 52.0 Å². The molecule has 0 bridgehead atoms. The van der Waals surface area contributed by atoms with Gasteiger partial charge in [-0.2, -0.15) is 0 Å². The summed E-state index contributed by atoms with van der Waals surface area (Å²) >= 11 is 0. The number of carbonyl (C=O) groups excluding carboxylic acids is 1. The molecule has 29 heavy (non-hydrogen) atoms. The number of nitrogens with zero attached hydrogens (tertiary/aromatic N) is 2. The van der Waals surface area contributed by atoms with Crippen molar-refractivity contribution in [2.45, 2.75) is 18.2 Å². The zero-order valence-electron chi connectivity index (χ0n) is 16.1. The van der Waals surface area contributed by atoms with Gasteiger partial charge >= 0.3 is 0 Å². The van der Waals surface area contributed by atoms with Crippen LogP contribution in [0.5, 0.6) is 0 Å². The third kappa shape index (κ3) is 5.21. The fraction of sp³-hybridized carbons (Fsp3) is 0.368. The van der Waals surface area contributed by atoms with Gasteiger partial charge in [0.15, 0.2) is 0 Å². The minimum Gasteiger partial charge on any atom is -0.353 e. The fourth-order valence-corrected chi connectivity index (χ4v) is 4.00. The number of benzene rings is 1. The monoisotopic (exact) mass is 421 g/mol. The number of hydrogen-bond acceptors (Lipinski definition) is 6. The van der Waals surface area contributed by atoms with Crippen molar-refractivity contribution in [2.75, 3.05) is 42.3 Å². The lowest BCUT2D eigenvalue weighted by molar-refractivity contribution is 0.0953. The summed E-state index contributed by atoms with van der Waals surface area (Å²) in [5.74, 6) is -0.318. The zero-order chi connectivity index (χ0) is 20.9. The van der Waals surface area contributed by atoms with Crippen molar-refractivity contribution in [2.24, 2.45) is 0 Å². The topological polar surface area (TPSA) is 103 Å². The zero-order valence-corrected chi connectivity index (χ0v) is 16.9. The van der Waals surface area contributed by atoms with Crippen molar-refractivity contribution in [3.8, 4) is 0 Å². The van der Waals surface area contributed by atoms with Gasteiger partial charge in [0.2, 0.25) is 0 Å². The molecule has 3 N–H and O–H groups in total. The van der Waals surface area contributed by atoms with E-state index in [0.717, 1.165) is 31.6 Å². The molecule has 0 unspecified atom stereocenters. The first kappa shape index (κ1) is 21.0. The maximum atomic E-state index is 13.1. The Bertz CT molecular complexity index is 960. The Labute approximate surface area is 169 Å². The second-order valence-corrected chi connectivity index (χ2v) is 8.33. The van der Waals surface area contributed by atoms with Crippen LogP contribution in [0.25, 0.3) is 0 Å². The van der Waals surface area contributed by atoms with E-state index in [1.165, 1.54) is 24.4 Å². The normalized spacial score (nSPS) is 14.5. The molecule has 1 aliphatic heterocycles. The maximum Gasteiger partial charge on any atom is 0.261 e. The third-order valence-corrected chi connectivity index (χ3v) is 5.84. The summed E-state index contributed by atoms with van der Waals surface area (Å²) in [5, 5.41) is 6.06. The van der Waals surface area contributed by atoms with Gasteiger partial charge in [-0.05, 0) is 36.8 Å². The molecular weight excluding hydrogens is 397 g/mol. The number of halogens is 1. The SMILES string of the molecule is CCCNC(=O)c1cc(NS(=O)(=O)c2ccc(F)cc2)cnc1N1CCNCC1. The van der Waals surface area contributed by atoms with Gasteiger partial charge in [0.1, 0.15) is 11.6 Å². The highest BCUT2D eigenvalue weighted by Gasteiger charge is 2.22. The summed E-state index contributed by atoms with van der Waals surface area (Å²) in [4.78, 5) is 19.0. The molecule has 1 saturated heterocycles. The molecule has 0 atom stereocenters. The Kier molecular flexibility index (Phi) is 6.65. The lowest BCUT2D eigenvalue weighted by Gasteiger charge is -2.30. The fourth-order valence-electron chi connectivity index (χ4n) is 2.97. The van der Waals surface area contributed by atoms with Crippen molar-refractivity contribution in [1.82, 2.24) is 15.6 Å². The van der Waals surface area contributed by atoms with E-state index >= 15 is 0 Å². The Morgan fingerprint density at radius 3 is 2.59 bits per heavy atom. The molecular formula is C19H24FN5O3S. The molecule has 1 aromatic heterocycles. The van der Waals surface area contributed by atoms with E-state index in [2.05, 4.69) is 20.3 Å². The molecule has 2 aromatic rings. The predicted octanol–water partition coefficient (Wildman–Crippen LogP) is 1.57. The first-order valence-corrected chi connectivity index (χ1v) is 10.9. The summed E-state index contributed by atoms with van der Waals surface area (Å²) in [6.07, 6.45) is 2.16. The number of piperazine rings is 1. The van der Waals surface area contributed by atoms with Crippen LogP contribution in [0.4, 0.5) is 15.9 Å². The molecule has 10 heteroatoms. The number of rotatable bonds is 7. The van der Waals surface area contributed by atoms with E-state index in [9.17, 15) is 17.6 Å². The largest absolute Gasteiger partial charge is 0.353 e. The summed E-state index contributed by atoms with van der Waals surface area (Å²) in [6, 6.07) is 5.98. The molecule has 1 aromatic carbocycles. The average Bonchev–Trinajstić information content (AvgIpc) is 2.72. The molecule has 0 saturated carbocycles. The van der Waals surface area contributed by atoms with Gasteiger partial charge in [0.05, 0.1) is 22.3 Å². The minimum absolute atomic E-state index is 0.0814. The van der Waals surface area contributed by atoms with Crippen LogP contribution in [0.1, 0.15) is 23.7 Å². The standard InChI is InChI=1S/C19H24FN5O3S/c1-2-7-22-19(26)17-12-15(13-23-18(17)25-10-8-21-9-11-25)24-29(27,28)16-5-3-14(20)4-6-16/h3-6,12-13,21,24H,2,7-11H2,1H3,(H,22,26). The van der Waals surface area contributed by atoms with Crippen LogP contribution >= 0.6 is 0 Å². The van der Waals surface area contributed by atoms with Crippen molar-refractivity contribution in [1.29, 1.82) is 0 Å². The van der Waals surface area contributed by atoms with Crippen LogP contribution < -0.4 is 20.3 Å². The van der Waals surface area contributed by atoms with Crippen molar-refractivity contribution >= 4 is 27.4 Å². The van der Waals surface area contributed by atoms with Crippen LogP contribution in [-0.2, 0) is 10.0 Å². The van der Waals surface area contributed by atoms with Gasteiger partial charge < -0.3 is 15.5 Å². The van der Waals surface area contributed by atoms with E-state index in [1.54, 1.807) is 0 Å². The molecule has 2 heterocycles. The highest BCUT2D eigenvalue weighted by molar-refractivity contribution is 7.92. The van der Waals surface area contributed by atoms with E-state index in [4.69, 9.17) is 0 Å². The number of carbonyl (C=O) groups is 1. The van der Waals surface area contributed by atoms with Crippen molar-refractivity contribution in [3.63, 3.8) is 0 Å². The van der Waals surface area contributed by atoms with E-state index in [-0.39, 0.29) is 16.5 Å².